The van der Waals surface area contributed by atoms with Crippen LogP contribution in [0.25, 0.3) is 0 Å². The van der Waals surface area contributed by atoms with Gasteiger partial charge < -0.3 is 10.6 Å². The van der Waals surface area contributed by atoms with Crippen LogP contribution in [0.1, 0.15) is 44.4 Å². The maximum absolute atomic E-state index is 12.7. The first kappa shape index (κ1) is 17.0. The van der Waals surface area contributed by atoms with Crippen LogP contribution in [-0.2, 0) is 15.1 Å². The lowest BCUT2D eigenvalue weighted by atomic mass is 9.87. The Morgan fingerprint density at radius 2 is 2.08 bits per heavy atom. The Morgan fingerprint density at radius 1 is 1.38 bits per heavy atom. The van der Waals surface area contributed by atoms with E-state index in [1.807, 2.05) is 17.5 Å². The second-order valence-electron chi connectivity index (χ2n) is 6.95. The number of imide groups is 1. The van der Waals surface area contributed by atoms with Crippen molar-refractivity contribution in [2.45, 2.75) is 51.1 Å². The Morgan fingerprint density at radius 3 is 2.71 bits per heavy atom. The van der Waals surface area contributed by atoms with Crippen molar-refractivity contribution in [2.24, 2.45) is 5.92 Å². The highest BCUT2D eigenvalue weighted by atomic mass is 32.1. The van der Waals surface area contributed by atoms with Gasteiger partial charge in [0, 0.05) is 10.9 Å². The van der Waals surface area contributed by atoms with Crippen molar-refractivity contribution >= 4 is 29.2 Å². The Labute approximate surface area is 145 Å². The summed E-state index contributed by atoms with van der Waals surface area (Å²) in [7, 11) is 0. The molecule has 0 spiro atoms. The molecule has 0 aromatic carbocycles. The Balaban J connectivity index is 1.62. The van der Waals surface area contributed by atoms with E-state index in [-0.39, 0.29) is 24.4 Å². The monoisotopic (exact) mass is 349 g/mol. The smallest absolute Gasteiger partial charge is 0.325 e. The van der Waals surface area contributed by atoms with Gasteiger partial charge in [-0.3, -0.25) is 14.5 Å². The number of hydrogen-bond acceptors (Lipinski definition) is 4. The number of hydrogen-bond donors (Lipinski definition) is 2. The molecule has 24 heavy (non-hydrogen) atoms. The molecule has 1 aromatic heterocycles. The Bertz CT molecular complexity index is 638. The van der Waals surface area contributed by atoms with Crippen LogP contribution >= 0.6 is 11.3 Å². The van der Waals surface area contributed by atoms with Crippen LogP contribution in [0.4, 0.5) is 4.79 Å². The number of rotatable bonds is 4. The molecule has 2 aliphatic rings. The van der Waals surface area contributed by atoms with E-state index in [1.54, 1.807) is 6.92 Å². The van der Waals surface area contributed by atoms with Crippen LogP contribution in [0.5, 0.6) is 0 Å². The summed E-state index contributed by atoms with van der Waals surface area (Å²) in [6, 6.07) is 3.29. The van der Waals surface area contributed by atoms with Crippen LogP contribution in [0, 0.1) is 5.92 Å². The third-order valence-electron chi connectivity index (χ3n) is 4.97. The van der Waals surface area contributed by atoms with Crippen LogP contribution in [0.3, 0.4) is 0 Å². The lowest BCUT2D eigenvalue weighted by Crippen LogP contribution is -2.46. The minimum Gasteiger partial charge on any atom is -0.352 e. The Hall–Kier alpha value is -1.89. The molecule has 3 rings (SSSR count). The molecule has 1 unspecified atom stereocenters. The molecule has 6 nitrogen and oxygen atoms in total. The van der Waals surface area contributed by atoms with Crippen molar-refractivity contribution in [3.05, 3.63) is 22.4 Å². The largest absolute Gasteiger partial charge is 0.352 e. The summed E-state index contributed by atoms with van der Waals surface area (Å²) in [5, 5.41) is 7.54. The van der Waals surface area contributed by atoms with Gasteiger partial charge in [0.15, 0.2) is 5.54 Å². The Kier molecular flexibility index (Phi) is 4.62. The van der Waals surface area contributed by atoms with Gasteiger partial charge >= 0.3 is 6.03 Å². The first-order valence-corrected chi connectivity index (χ1v) is 9.25. The number of nitrogens with one attached hydrogen (secondary N) is 2. The predicted molar refractivity (Wildman–Crippen MR) is 91.5 cm³/mol. The molecule has 4 amide bonds. The number of thiophene rings is 1. The average Bonchev–Trinajstić information content (AvgIpc) is 3.14. The van der Waals surface area contributed by atoms with Gasteiger partial charge in [-0.25, -0.2) is 4.79 Å². The summed E-state index contributed by atoms with van der Waals surface area (Å²) in [5.41, 5.74) is -1.08. The molecule has 0 radical (unpaired) electrons. The van der Waals surface area contributed by atoms with E-state index >= 15 is 0 Å². The molecule has 1 saturated carbocycles. The molecular formula is C17H23N3O3S. The first-order chi connectivity index (χ1) is 11.4. The minimum atomic E-state index is -1.08. The predicted octanol–water partition coefficient (Wildman–Crippen LogP) is 2.21. The zero-order valence-electron chi connectivity index (χ0n) is 14.0. The standard InChI is InChI=1S/C17H23N3O3S/c1-11-5-7-12(8-6-11)18-14(21)10-20-15(22)17(2,19-16(20)23)13-4-3-9-24-13/h3-4,9,11-12H,5-8,10H2,1-2H3,(H,18,21)(H,19,23). The lowest BCUT2D eigenvalue weighted by Gasteiger charge is -2.27. The van der Waals surface area contributed by atoms with Gasteiger partial charge in [0.25, 0.3) is 5.91 Å². The van der Waals surface area contributed by atoms with Gasteiger partial charge in [0.2, 0.25) is 5.91 Å². The van der Waals surface area contributed by atoms with E-state index in [1.165, 1.54) is 11.3 Å². The molecule has 7 heteroatoms. The summed E-state index contributed by atoms with van der Waals surface area (Å²) < 4.78 is 0. The molecule has 1 atom stereocenters. The van der Waals surface area contributed by atoms with Gasteiger partial charge in [-0.05, 0) is 50.0 Å². The molecule has 1 aromatic rings. The topological polar surface area (TPSA) is 78.5 Å². The number of nitrogens with zero attached hydrogens (tertiary/aromatic N) is 1. The highest BCUT2D eigenvalue weighted by Crippen LogP contribution is 2.31. The van der Waals surface area contributed by atoms with Crippen molar-refractivity contribution < 1.29 is 14.4 Å². The van der Waals surface area contributed by atoms with E-state index in [4.69, 9.17) is 0 Å². The lowest BCUT2D eigenvalue weighted by molar-refractivity contribution is -0.135. The zero-order chi connectivity index (χ0) is 17.3. The molecule has 1 aliphatic carbocycles. The highest BCUT2D eigenvalue weighted by Gasteiger charge is 2.50. The molecular weight excluding hydrogens is 326 g/mol. The normalized spacial score (nSPS) is 30.3. The fraction of sp³-hybridized carbons (Fsp3) is 0.588. The van der Waals surface area contributed by atoms with Gasteiger partial charge in [-0.1, -0.05) is 13.0 Å². The summed E-state index contributed by atoms with van der Waals surface area (Å²) in [4.78, 5) is 38.9. The number of carbonyl (C=O) groups is 3. The number of carbonyl (C=O) groups excluding carboxylic acids is 3. The van der Waals surface area contributed by atoms with Crippen molar-refractivity contribution in [1.82, 2.24) is 15.5 Å². The molecule has 0 bridgehead atoms. The van der Waals surface area contributed by atoms with Crippen LogP contribution in [-0.4, -0.2) is 35.3 Å². The first-order valence-electron chi connectivity index (χ1n) is 8.37. The molecule has 2 fully saturated rings. The van der Waals surface area contributed by atoms with Crippen molar-refractivity contribution in [2.75, 3.05) is 6.54 Å². The second-order valence-corrected chi connectivity index (χ2v) is 7.90. The van der Waals surface area contributed by atoms with Gasteiger partial charge in [-0.2, -0.15) is 0 Å². The number of amides is 4. The van der Waals surface area contributed by atoms with Crippen LogP contribution in [0.2, 0.25) is 0 Å². The summed E-state index contributed by atoms with van der Waals surface area (Å²) in [5.74, 6) is 0.0615. The molecule has 1 saturated heterocycles. The van der Waals surface area contributed by atoms with Crippen molar-refractivity contribution in [3.63, 3.8) is 0 Å². The quantitative estimate of drug-likeness (QED) is 0.818. The average molecular weight is 349 g/mol. The molecule has 2 N–H and O–H groups in total. The summed E-state index contributed by atoms with van der Waals surface area (Å²) in [6.45, 7) is 3.67. The zero-order valence-corrected chi connectivity index (χ0v) is 14.8. The van der Waals surface area contributed by atoms with E-state index in [0.717, 1.165) is 35.5 Å². The number of urea groups is 1. The van der Waals surface area contributed by atoms with E-state index in [2.05, 4.69) is 17.6 Å². The summed E-state index contributed by atoms with van der Waals surface area (Å²) in [6.07, 6.45) is 4.12. The van der Waals surface area contributed by atoms with Crippen molar-refractivity contribution in [3.8, 4) is 0 Å². The SMILES string of the molecule is CC1CCC(NC(=O)CN2C(=O)NC(C)(c3cccs3)C2=O)CC1. The maximum atomic E-state index is 12.7. The van der Waals surface area contributed by atoms with Crippen LogP contribution < -0.4 is 10.6 Å². The fourth-order valence-corrected chi connectivity index (χ4v) is 4.23. The molecule has 1 aliphatic heterocycles. The van der Waals surface area contributed by atoms with Crippen molar-refractivity contribution in [1.29, 1.82) is 0 Å². The van der Waals surface area contributed by atoms with Gasteiger partial charge in [0.05, 0.1) is 0 Å². The maximum Gasteiger partial charge on any atom is 0.325 e. The van der Waals surface area contributed by atoms with Crippen LogP contribution in [0.15, 0.2) is 17.5 Å². The van der Waals surface area contributed by atoms with E-state index in [9.17, 15) is 14.4 Å². The molecule has 2 heterocycles. The third-order valence-corrected chi connectivity index (χ3v) is 6.06. The fourth-order valence-electron chi connectivity index (χ4n) is 3.39. The third kappa shape index (κ3) is 3.17. The van der Waals surface area contributed by atoms with Gasteiger partial charge in [0.1, 0.15) is 6.54 Å². The summed E-state index contributed by atoms with van der Waals surface area (Å²) >= 11 is 1.41. The highest BCUT2D eigenvalue weighted by molar-refractivity contribution is 7.10. The van der Waals surface area contributed by atoms with E-state index in [0.29, 0.717) is 5.92 Å². The van der Waals surface area contributed by atoms with E-state index < -0.39 is 11.6 Å². The minimum absolute atomic E-state index is 0.151. The second kappa shape index (κ2) is 6.55. The molecule has 130 valence electrons. The van der Waals surface area contributed by atoms with Gasteiger partial charge in [-0.15, -0.1) is 11.3 Å².